The molecule has 1 atom stereocenters. The normalized spacial score (nSPS) is 14.4. The molecule has 0 aromatic rings. The number of methoxy groups -OCH3 is 2. The summed E-state index contributed by atoms with van der Waals surface area (Å²) in [4.78, 5) is 0. The fourth-order valence-electron chi connectivity index (χ4n) is 1.02. The van der Waals surface area contributed by atoms with Gasteiger partial charge in [-0.3, -0.25) is 0 Å². The Kier molecular flexibility index (Phi) is 7.09. The van der Waals surface area contributed by atoms with Crippen molar-refractivity contribution in [3.8, 4) is 0 Å². The smallest absolute Gasteiger partial charge is 0.0928 e. The summed E-state index contributed by atoms with van der Waals surface area (Å²) in [5.41, 5.74) is -0.0780. The lowest BCUT2D eigenvalue weighted by atomic mass is 9.95. The molecule has 0 amide bonds. The van der Waals surface area contributed by atoms with Gasteiger partial charge in [0.15, 0.2) is 0 Å². The number of hydrogen-bond donors (Lipinski definition) is 2. The van der Waals surface area contributed by atoms with E-state index in [9.17, 15) is 0 Å². The third kappa shape index (κ3) is 6.32. The Morgan fingerprint density at radius 2 is 2.00 bits per heavy atom. The zero-order chi connectivity index (χ0) is 11.0. The van der Waals surface area contributed by atoms with Crippen molar-refractivity contribution in [3.05, 3.63) is 0 Å². The van der Waals surface area contributed by atoms with Gasteiger partial charge in [0.2, 0.25) is 0 Å². The van der Waals surface area contributed by atoms with E-state index in [1.54, 1.807) is 14.2 Å². The number of hydrogen-bond acceptors (Lipinski definition) is 4. The van der Waals surface area contributed by atoms with Gasteiger partial charge in [0.1, 0.15) is 0 Å². The Hall–Kier alpha value is -0.160. The van der Waals surface area contributed by atoms with Gasteiger partial charge in [-0.25, -0.2) is 0 Å². The first-order valence-electron chi connectivity index (χ1n) is 4.89. The molecule has 0 aliphatic carbocycles. The third-order valence-electron chi connectivity index (χ3n) is 2.09. The summed E-state index contributed by atoms with van der Waals surface area (Å²) >= 11 is 0. The van der Waals surface area contributed by atoms with Crippen molar-refractivity contribution < 1.29 is 14.6 Å². The SMILES string of the molecule is COCC(CNCC(C)(C)CO)OC. The first-order chi connectivity index (χ1) is 6.55. The molecule has 0 bridgehead atoms. The number of aliphatic hydroxyl groups is 1. The number of nitrogens with one attached hydrogen (secondary N) is 1. The average molecular weight is 205 g/mol. The van der Waals surface area contributed by atoms with Gasteiger partial charge < -0.3 is 19.9 Å². The van der Waals surface area contributed by atoms with Crippen LogP contribution in [0, 0.1) is 5.41 Å². The topological polar surface area (TPSA) is 50.7 Å². The van der Waals surface area contributed by atoms with E-state index in [-0.39, 0.29) is 18.1 Å². The summed E-state index contributed by atoms with van der Waals surface area (Å²) in [7, 11) is 3.33. The first kappa shape index (κ1) is 13.8. The number of aliphatic hydroxyl groups excluding tert-OH is 1. The van der Waals surface area contributed by atoms with Crippen LogP contribution in [0.2, 0.25) is 0 Å². The fraction of sp³-hybridized carbons (Fsp3) is 1.00. The third-order valence-corrected chi connectivity index (χ3v) is 2.09. The maximum atomic E-state index is 9.02. The van der Waals surface area contributed by atoms with Crippen molar-refractivity contribution >= 4 is 0 Å². The lowest BCUT2D eigenvalue weighted by molar-refractivity contribution is 0.0266. The molecule has 0 aliphatic heterocycles. The molecule has 0 fully saturated rings. The first-order valence-corrected chi connectivity index (χ1v) is 4.89. The summed E-state index contributed by atoms with van der Waals surface area (Å²) < 4.78 is 10.2. The van der Waals surface area contributed by atoms with E-state index >= 15 is 0 Å². The number of ether oxygens (including phenoxy) is 2. The summed E-state index contributed by atoms with van der Waals surface area (Å²) in [6.45, 7) is 6.31. The highest BCUT2D eigenvalue weighted by Gasteiger charge is 2.16. The second-order valence-electron chi connectivity index (χ2n) is 4.27. The van der Waals surface area contributed by atoms with Crippen LogP contribution in [0.1, 0.15) is 13.8 Å². The summed E-state index contributed by atoms with van der Waals surface area (Å²) in [6.07, 6.45) is 0.0782. The highest BCUT2D eigenvalue weighted by Crippen LogP contribution is 2.10. The van der Waals surface area contributed by atoms with Gasteiger partial charge in [0.05, 0.1) is 12.7 Å². The highest BCUT2D eigenvalue weighted by molar-refractivity contribution is 4.71. The minimum atomic E-state index is -0.0780. The van der Waals surface area contributed by atoms with E-state index in [2.05, 4.69) is 5.32 Å². The highest BCUT2D eigenvalue weighted by atomic mass is 16.5. The standard InChI is InChI=1S/C10H23NO3/c1-10(2,8-12)7-11-5-9(14-4)6-13-3/h9,11-12H,5-8H2,1-4H3. The Labute approximate surface area is 86.6 Å². The molecule has 4 heteroatoms. The second-order valence-corrected chi connectivity index (χ2v) is 4.27. The van der Waals surface area contributed by atoms with E-state index in [1.807, 2.05) is 13.8 Å². The zero-order valence-electron chi connectivity index (χ0n) is 9.67. The average Bonchev–Trinajstić information content (AvgIpc) is 2.16. The predicted molar refractivity (Wildman–Crippen MR) is 56.4 cm³/mol. The van der Waals surface area contributed by atoms with E-state index in [4.69, 9.17) is 14.6 Å². The van der Waals surface area contributed by atoms with E-state index in [1.165, 1.54) is 0 Å². The van der Waals surface area contributed by atoms with E-state index in [0.29, 0.717) is 6.61 Å². The van der Waals surface area contributed by atoms with Gasteiger partial charge in [-0.15, -0.1) is 0 Å². The molecule has 2 N–H and O–H groups in total. The number of rotatable bonds is 8. The molecule has 0 saturated heterocycles. The molecule has 0 rings (SSSR count). The van der Waals surface area contributed by atoms with Gasteiger partial charge in [0, 0.05) is 39.3 Å². The maximum Gasteiger partial charge on any atom is 0.0928 e. The predicted octanol–water partition coefficient (Wildman–Crippen LogP) is 0.256. The zero-order valence-corrected chi connectivity index (χ0v) is 9.67. The molecule has 0 aromatic heterocycles. The summed E-state index contributed by atoms with van der Waals surface area (Å²) in [5.74, 6) is 0. The van der Waals surface area contributed by atoms with E-state index < -0.39 is 0 Å². The minimum absolute atomic E-state index is 0.0780. The van der Waals surface area contributed by atoms with Crippen LogP contribution in [0.25, 0.3) is 0 Å². The van der Waals surface area contributed by atoms with Crippen LogP contribution in [0.5, 0.6) is 0 Å². The molecule has 0 saturated carbocycles. The van der Waals surface area contributed by atoms with Crippen molar-refractivity contribution in [3.63, 3.8) is 0 Å². The van der Waals surface area contributed by atoms with Crippen LogP contribution in [-0.4, -0.2) is 51.7 Å². The molecule has 86 valence electrons. The Morgan fingerprint density at radius 1 is 1.36 bits per heavy atom. The van der Waals surface area contributed by atoms with Crippen molar-refractivity contribution in [2.75, 3.05) is 40.5 Å². The van der Waals surface area contributed by atoms with Crippen molar-refractivity contribution in [1.82, 2.24) is 5.32 Å². The molecule has 0 aromatic carbocycles. The Balaban J connectivity index is 3.60. The van der Waals surface area contributed by atoms with Crippen LogP contribution >= 0.6 is 0 Å². The molecule has 14 heavy (non-hydrogen) atoms. The fourth-order valence-corrected chi connectivity index (χ4v) is 1.02. The summed E-state index contributed by atoms with van der Waals surface area (Å²) in [6, 6.07) is 0. The molecule has 0 heterocycles. The molecule has 0 spiro atoms. The van der Waals surface area contributed by atoms with Crippen LogP contribution in [0.3, 0.4) is 0 Å². The molecule has 0 aliphatic rings. The molecule has 1 unspecified atom stereocenters. The van der Waals surface area contributed by atoms with Gasteiger partial charge in [-0.2, -0.15) is 0 Å². The second kappa shape index (κ2) is 7.17. The largest absolute Gasteiger partial charge is 0.396 e. The minimum Gasteiger partial charge on any atom is -0.396 e. The van der Waals surface area contributed by atoms with Crippen molar-refractivity contribution in [2.45, 2.75) is 20.0 Å². The van der Waals surface area contributed by atoms with E-state index in [0.717, 1.165) is 13.1 Å². The van der Waals surface area contributed by atoms with Crippen LogP contribution in [0.4, 0.5) is 0 Å². The molecular weight excluding hydrogens is 182 g/mol. The molecule has 0 radical (unpaired) electrons. The Bertz CT molecular complexity index is 139. The van der Waals surface area contributed by atoms with Crippen LogP contribution < -0.4 is 5.32 Å². The molecular formula is C10H23NO3. The van der Waals surface area contributed by atoms with Crippen LogP contribution in [-0.2, 0) is 9.47 Å². The Morgan fingerprint density at radius 3 is 2.43 bits per heavy atom. The van der Waals surface area contributed by atoms with Gasteiger partial charge in [-0.05, 0) is 0 Å². The van der Waals surface area contributed by atoms with Crippen molar-refractivity contribution in [2.24, 2.45) is 5.41 Å². The van der Waals surface area contributed by atoms with Crippen LogP contribution in [0.15, 0.2) is 0 Å². The van der Waals surface area contributed by atoms with Gasteiger partial charge in [0.25, 0.3) is 0 Å². The quantitative estimate of drug-likeness (QED) is 0.596. The maximum absolute atomic E-state index is 9.02. The van der Waals surface area contributed by atoms with Gasteiger partial charge >= 0.3 is 0 Å². The molecule has 4 nitrogen and oxygen atoms in total. The summed E-state index contributed by atoms with van der Waals surface area (Å²) in [5, 5.41) is 12.3. The lowest BCUT2D eigenvalue weighted by Gasteiger charge is -2.23. The van der Waals surface area contributed by atoms with Gasteiger partial charge in [-0.1, -0.05) is 13.8 Å². The van der Waals surface area contributed by atoms with Crippen molar-refractivity contribution in [1.29, 1.82) is 0 Å². The lowest BCUT2D eigenvalue weighted by Crippen LogP contribution is -2.38. The monoisotopic (exact) mass is 205 g/mol.